The first-order chi connectivity index (χ1) is 12.2. The van der Waals surface area contributed by atoms with Gasteiger partial charge in [-0.15, -0.1) is 0 Å². The summed E-state index contributed by atoms with van der Waals surface area (Å²) in [6, 6.07) is 23.4. The van der Waals surface area contributed by atoms with Crippen LogP contribution in [0.1, 0.15) is 28.4 Å². The second-order valence-corrected chi connectivity index (χ2v) is 6.47. The van der Waals surface area contributed by atoms with Crippen molar-refractivity contribution in [2.45, 2.75) is 19.9 Å². The van der Waals surface area contributed by atoms with Gasteiger partial charge in [0.25, 0.3) is 5.82 Å². The lowest BCUT2D eigenvalue weighted by molar-refractivity contribution is -0.361. The molecule has 3 N–H and O–H groups in total. The number of aromatic nitrogens is 2. The first-order valence-electron chi connectivity index (χ1n) is 8.59. The molecule has 0 spiro atoms. The standard InChI is InChI=1S/C22H21N3/c1-15-10-12-17(13-11-15)22(25-20-9-5-6-14-23-20)21-16(2)24-19-8-4-3-7-18(19)21/h3-14,22,24H,1-2H3,(H,23,25)/p+1/t22-/m0/s1. The van der Waals surface area contributed by atoms with E-state index in [1.165, 1.54) is 33.3 Å². The van der Waals surface area contributed by atoms with E-state index in [4.69, 9.17) is 0 Å². The zero-order valence-electron chi connectivity index (χ0n) is 14.5. The van der Waals surface area contributed by atoms with E-state index in [1.807, 2.05) is 18.3 Å². The van der Waals surface area contributed by atoms with E-state index in [-0.39, 0.29) is 6.04 Å². The molecule has 2 aromatic heterocycles. The van der Waals surface area contributed by atoms with Gasteiger partial charge in [0.2, 0.25) is 0 Å². The number of anilines is 1. The van der Waals surface area contributed by atoms with Crippen LogP contribution in [-0.2, 0) is 0 Å². The number of hydrogen-bond donors (Lipinski definition) is 2. The molecule has 4 rings (SSSR count). The fourth-order valence-corrected chi connectivity index (χ4v) is 3.39. The van der Waals surface area contributed by atoms with Crippen LogP contribution in [0.5, 0.6) is 0 Å². The molecule has 0 aliphatic rings. The number of aromatic amines is 2. The molecule has 0 aliphatic carbocycles. The van der Waals surface area contributed by atoms with Crippen LogP contribution >= 0.6 is 0 Å². The SMILES string of the molecule is Cc1ccc([C@H](Nc2cccc[nH+]2)c2c(C)[nH]c3ccccc23)cc1. The van der Waals surface area contributed by atoms with Crippen molar-refractivity contribution in [1.29, 1.82) is 0 Å². The minimum absolute atomic E-state index is 0.0652. The predicted octanol–water partition coefficient (Wildman–Crippen LogP) is 4.80. The lowest BCUT2D eigenvalue weighted by atomic mass is 9.95. The van der Waals surface area contributed by atoms with Gasteiger partial charge >= 0.3 is 0 Å². The monoisotopic (exact) mass is 328 g/mol. The zero-order valence-corrected chi connectivity index (χ0v) is 14.5. The van der Waals surface area contributed by atoms with E-state index in [0.717, 1.165) is 5.82 Å². The van der Waals surface area contributed by atoms with Gasteiger partial charge in [0.15, 0.2) is 0 Å². The number of rotatable bonds is 4. The Hall–Kier alpha value is -3.07. The Morgan fingerprint density at radius 3 is 2.40 bits per heavy atom. The highest BCUT2D eigenvalue weighted by molar-refractivity contribution is 5.86. The fraction of sp³-hybridized carbons (Fsp3) is 0.136. The molecule has 0 radical (unpaired) electrons. The quantitative estimate of drug-likeness (QED) is 0.555. The van der Waals surface area contributed by atoms with E-state index in [1.54, 1.807) is 0 Å². The molecule has 0 amide bonds. The molecule has 0 unspecified atom stereocenters. The summed E-state index contributed by atoms with van der Waals surface area (Å²) < 4.78 is 0. The Kier molecular flexibility index (Phi) is 3.98. The number of para-hydroxylation sites is 1. The Morgan fingerprint density at radius 2 is 1.64 bits per heavy atom. The van der Waals surface area contributed by atoms with Crippen molar-refractivity contribution in [2.75, 3.05) is 5.32 Å². The topological polar surface area (TPSA) is 42.0 Å². The number of fused-ring (bicyclic) bond motifs is 1. The Bertz CT molecular complexity index is 985. The van der Waals surface area contributed by atoms with Crippen LogP contribution in [0.2, 0.25) is 0 Å². The number of nitrogens with one attached hydrogen (secondary N) is 3. The third-order valence-corrected chi connectivity index (χ3v) is 4.65. The normalized spacial score (nSPS) is 12.2. The summed E-state index contributed by atoms with van der Waals surface area (Å²) in [6.45, 7) is 4.26. The van der Waals surface area contributed by atoms with Crippen LogP contribution < -0.4 is 10.3 Å². The summed E-state index contributed by atoms with van der Waals surface area (Å²) in [5.41, 5.74) is 6.16. The number of benzene rings is 2. The van der Waals surface area contributed by atoms with Crippen molar-refractivity contribution in [2.24, 2.45) is 0 Å². The van der Waals surface area contributed by atoms with Crippen LogP contribution in [0.3, 0.4) is 0 Å². The third-order valence-electron chi connectivity index (χ3n) is 4.65. The largest absolute Gasteiger partial charge is 0.358 e. The molecule has 1 atom stereocenters. The molecule has 0 saturated carbocycles. The lowest BCUT2D eigenvalue weighted by Crippen LogP contribution is -2.19. The zero-order chi connectivity index (χ0) is 17.2. The maximum absolute atomic E-state index is 3.67. The molecule has 0 bridgehead atoms. The number of hydrogen-bond acceptors (Lipinski definition) is 1. The Balaban J connectivity index is 1.87. The van der Waals surface area contributed by atoms with E-state index >= 15 is 0 Å². The van der Waals surface area contributed by atoms with Crippen LogP contribution in [0.15, 0.2) is 72.9 Å². The van der Waals surface area contributed by atoms with Crippen LogP contribution in [0.4, 0.5) is 5.82 Å². The van der Waals surface area contributed by atoms with E-state index < -0.39 is 0 Å². The molecule has 0 aliphatic heterocycles. The maximum Gasteiger partial charge on any atom is 0.272 e. The number of pyridine rings is 1. The summed E-state index contributed by atoms with van der Waals surface area (Å²) in [5.74, 6) is 0.998. The van der Waals surface area contributed by atoms with Gasteiger partial charge in [-0.3, -0.25) is 5.32 Å². The van der Waals surface area contributed by atoms with Gasteiger partial charge < -0.3 is 4.98 Å². The van der Waals surface area contributed by atoms with E-state index in [0.29, 0.717) is 0 Å². The molecule has 0 saturated heterocycles. The van der Waals surface area contributed by atoms with Crippen LogP contribution in [0, 0.1) is 13.8 Å². The van der Waals surface area contributed by atoms with Crippen molar-refractivity contribution in [3.63, 3.8) is 0 Å². The summed E-state index contributed by atoms with van der Waals surface area (Å²) in [4.78, 5) is 6.81. The molecule has 2 heterocycles. The van der Waals surface area contributed by atoms with Crippen molar-refractivity contribution < 1.29 is 4.98 Å². The van der Waals surface area contributed by atoms with Crippen LogP contribution in [-0.4, -0.2) is 4.98 Å². The van der Waals surface area contributed by atoms with Crippen molar-refractivity contribution in [3.05, 3.63) is 95.3 Å². The van der Waals surface area contributed by atoms with E-state index in [9.17, 15) is 0 Å². The molecular formula is C22H22N3+. The minimum atomic E-state index is 0.0652. The Labute approximate surface area is 147 Å². The third kappa shape index (κ3) is 3.01. The summed E-state index contributed by atoms with van der Waals surface area (Å²) in [5, 5.41) is 4.93. The molecule has 124 valence electrons. The second kappa shape index (κ2) is 6.44. The minimum Gasteiger partial charge on any atom is -0.358 e. The van der Waals surface area contributed by atoms with Gasteiger partial charge in [-0.05, 0) is 26.0 Å². The number of aryl methyl sites for hydroxylation is 2. The summed E-state index contributed by atoms with van der Waals surface area (Å²) in [6.07, 6.45) is 1.94. The average Bonchev–Trinajstić information content (AvgIpc) is 2.97. The highest BCUT2D eigenvalue weighted by atomic mass is 15.0. The van der Waals surface area contributed by atoms with Gasteiger partial charge in [-0.25, -0.2) is 4.98 Å². The molecule has 0 fully saturated rings. The highest BCUT2D eigenvalue weighted by Gasteiger charge is 2.24. The molecule has 4 aromatic rings. The molecule has 3 heteroatoms. The summed E-state index contributed by atoms with van der Waals surface area (Å²) in [7, 11) is 0. The van der Waals surface area contributed by atoms with Gasteiger partial charge in [-0.1, -0.05) is 54.1 Å². The van der Waals surface area contributed by atoms with Crippen molar-refractivity contribution in [1.82, 2.24) is 4.98 Å². The van der Waals surface area contributed by atoms with Crippen molar-refractivity contribution >= 4 is 16.7 Å². The average molecular weight is 328 g/mol. The predicted molar refractivity (Wildman–Crippen MR) is 103 cm³/mol. The van der Waals surface area contributed by atoms with Gasteiger partial charge in [0.05, 0.1) is 6.20 Å². The first kappa shape index (κ1) is 15.5. The molecule has 2 aromatic carbocycles. The first-order valence-corrected chi connectivity index (χ1v) is 8.59. The molecular weight excluding hydrogens is 306 g/mol. The fourth-order valence-electron chi connectivity index (χ4n) is 3.39. The molecule has 3 nitrogen and oxygen atoms in total. The highest BCUT2D eigenvalue weighted by Crippen LogP contribution is 2.33. The number of H-pyrrole nitrogens is 2. The Morgan fingerprint density at radius 1 is 0.880 bits per heavy atom. The second-order valence-electron chi connectivity index (χ2n) is 6.47. The van der Waals surface area contributed by atoms with Crippen molar-refractivity contribution in [3.8, 4) is 0 Å². The molecule has 25 heavy (non-hydrogen) atoms. The van der Waals surface area contributed by atoms with Gasteiger partial charge in [0.1, 0.15) is 6.04 Å². The van der Waals surface area contributed by atoms with Gasteiger partial charge in [0, 0.05) is 33.8 Å². The smallest absolute Gasteiger partial charge is 0.272 e. The van der Waals surface area contributed by atoms with Gasteiger partial charge in [-0.2, -0.15) is 0 Å². The van der Waals surface area contributed by atoms with Crippen LogP contribution in [0.25, 0.3) is 10.9 Å². The lowest BCUT2D eigenvalue weighted by Gasteiger charge is -2.16. The maximum atomic E-state index is 3.67. The van der Waals surface area contributed by atoms with E-state index in [2.05, 4.69) is 83.7 Å². The summed E-state index contributed by atoms with van der Waals surface area (Å²) >= 11 is 0.